The van der Waals surface area contributed by atoms with Gasteiger partial charge >= 0.3 is 19.4 Å². The molecule has 1 fully saturated rings. The van der Waals surface area contributed by atoms with Crippen LogP contribution in [0.2, 0.25) is 0 Å². The van der Waals surface area contributed by atoms with Crippen LogP contribution < -0.4 is 20.9 Å². The van der Waals surface area contributed by atoms with E-state index >= 15 is 0 Å². The van der Waals surface area contributed by atoms with Gasteiger partial charge in [-0.1, -0.05) is 34.1 Å². The van der Waals surface area contributed by atoms with Gasteiger partial charge in [-0.15, -0.1) is 0 Å². The largest absolute Gasteiger partial charge is 0.465 e. The summed E-state index contributed by atoms with van der Waals surface area (Å²) in [4.78, 5) is 40.0. The first kappa shape index (κ1) is 28.0. The van der Waals surface area contributed by atoms with Crippen molar-refractivity contribution in [3.8, 4) is 5.75 Å². The minimum Gasteiger partial charge on any atom is -0.465 e. The fourth-order valence-electron chi connectivity index (χ4n) is 3.38. The first-order chi connectivity index (χ1) is 17.2. The molecule has 2 heterocycles. The number of carbonyl (C=O) groups is 1. The van der Waals surface area contributed by atoms with Crippen LogP contribution in [-0.4, -0.2) is 52.1 Å². The molecule has 0 bridgehead atoms. The Hall–Kier alpha value is -2.54. The minimum atomic E-state index is -4.15. The summed E-state index contributed by atoms with van der Waals surface area (Å²) in [5.74, 6) is -0.427. The summed E-state index contributed by atoms with van der Waals surface area (Å²) in [6.45, 7) is 2.83. The highest BCUT2D eigenvalue weighted by molar-refractivity contribution is 9.11. The van der Waals surface area contributed by atoms with Gasteiger partial charge < -0.3 is 19.1 Å². The van der Waals surface area contributed by atoms with Crippen molar-refractivity contribution in [3.05, 3.63) is 67.9 Å². The smallest absolute Gasteiger partial charge is 0.459 e. The van der Waals surface area contributed by atoms with Crippen LogP contribution in [0.15, 0.2) is 51.1 Å². The number of aromatic amines is 1. The third kappa shape index (κ3) is 7.25. The first-order valence-corrected chi connectivity index (χ1v) is 13.5. The number of para-hydroxylation sites is 1. The Morgan fingerprint density at radius 2 is 2.11 bits per heavy atom. The Bertz CT molecular complexity index is 1230. The lowest BCUT2D eigenvalue weighted by molar-refractivity contribution is -0.144. The van der Waals surface area contributed by atoms with Crippen molar-refractivity contribution >= 4 is 35.7 Å². The molecule has 1 saturated heterocycles. The van der Waals surface area contributed by atoms with E-state index < -0.39 is 56.0 Å². The quantitative estimate of drug-likeness (QED) is 0.263. The van der Waals surface area contributed by atoms with Crippen molar-refractivity contribution in [1.29, 1.82) is 0 Å². The van der Waals surface area contributed by atoms with Crippen LogP contribution in [0.5, 0.6) is 5.75 Å². The Morgan fingerprint density at radius 3 is 2.78 bits per heavy atom. The number of hydrogen-bond acceptors (Lipinski definition) is 9. The number of rotatable bonds is 11. The zero-order valence-corrected chi connectivity index (χ0v) is 22.0. The van der Waals surface area contributed by atoms with Gasteiger partial charge in [-0.2, -0.15) is 5.09 Å². The van der Waals surface area contributed by atoms with Gasteiger partial charge in [0.25, 0.3) is 5.56 Å². The third-order valence-electron chi connectivity index (χ3n) is 5.12. The van der Waals surface area contributed by atoms with Gasteiger partial charge in [0.1, 0.15) is 24.1 Å². The number of nitrogens with zero attached hydrogens (tertiary/aromatic N) is 1. The first-order valence-electron chi connectivity index (χ1n) is 11.0. The summed E-state index contributed by atoms with van der Waals surface area (Å²) < 4.78 is 36.5. The van der Waals surface area contributed by atoms with Crippen LogP contribution in [0, 0.1) is 0 Å². The van der Waals surface area contributed by atoms with E-state index in [0.29, 0.717) is 0 Å². The third-order valence-corrected chi connectivity index (χ3v) is 7.03. The van der Waals surface area contributed by atoms with E-state index in [-0.39, 0.29) is 24.3 Å². The average Bonchev–Trinajstić information content (AvgIpc) is 3.20. The van der Waals surface area contributed by atoms with E-state index in [1.807, 2.05) is 0 Å². The monoisotopic (exact) mass is 587 g/mol. The van der Waals surface area contributed by atoms with Gasteiger partial charge in [0.15, 0.2) is 0 Å². The van der Waals surface area contributed by atoms with Gasteiger partial charge in [0.2, 0.25) is 0 Å². The van der Waals surface area contributed by atoms with E-state index in [9.17, 15) is 24.1 Å². The summed E-state index contributed by atoms with van der Waals surface area (Å²) >= 11 is 3.08. The van der Waals surface area contributed by atoms with Gasteiger partial charge in [-0.25, -0.2) is 9.36 Å². The number of esters is 1. The maximum atomic E-state index is 13.5. The number of ether oxygens (including phenoxy) is 2. The molecule has 12 nitrogen and oxygen atoms in total. The zero-order valence-electron chi connectivity index (χ0n) is 19.5. The Labute approximate surface area is 214 Å². The molecular weight excluding hydrogens is 561 g/mol. The molecule has 3 N–H and O–H groups in total. The van der Waals surface area contributed by atoms with E-state index in [0.717, 1.165) is 4.57 Å². The molecule has 36 heavy (non-hydrogen) atoms. The summed E-state index contributed by atoms with van der Waals surface area (Å²) in [5.41, 5.74) is -1.10. The predicted octanol–water partition coefficient (Wildman–Crippen LogP) is 2.30. The second-order valence-corrected chi connectivity index (χ2v) is 10.00. The molecule has 0 aliphatic carbocycles. The lowest BCUT2D eigenvalue weighted by atomic mass is 10.2. The molecule has 1 aromatic carbocycles. The number of nitrogens with one attached hydrogen (secondary N) is 2. The Balaban J connectivity index is 1.75. The second kappa shape index (κ2) is 12.6. The van der Waals surface area contributed by atoms with E-state index in [4.69, 9.17) is 18.5 Å². The summed E-state index contributed by atoms with van der Waals surface area (Å²) in [5, 5.41) is 13.1. The number of aromatic nitrogens is 2. The number of benzene rings is 1. The summed E-state index contributed by atoms with van der Waals surface area (Å²) in [7, 11) is -4.15. The number of H-pyrrole nitrogens is 1. The molecule has 1 aromatic heterocycles. The van der Waals surface area contributed by atoms with Crippen molar-refractivity contribution in [2.75, 3.05) is 13.2 Å². The lowest BCUT2D eigenvalue weighted by Crippen LogP contribution is -2.36. The molecule has 5 atom stereocenters. The van der Waals surface area contributed by atoms with Crippen molar-refractivity contribution < 1.29 is 33.0 Å². The lowest BCUT2D eigenvalue weighted by Gasteiger charge is -2.24. The van der Waals surface area contributed by atoms with E-state index in [1.165, 1.54) is 24.2 Å². The fraction of sp³-hybridized carbons (Fsp3) is 0.409. The number of carbonyl (C=O) groups excluding carboxylic acids is 1. The van der Waals surface area contributed by atoms with Crippen LogP contribution in [0.1, 0.15) is 32.1 Å². The summed E-state index contributed by atoms with van der Waals surface area (Å²) in [6.07, 6.45) is -0.220. The van der Waals surface area contributed by atoms with Gasteiger partial charge in [-0.3, -0.25) is 23.7 Å². The van der Waals surface area contributed by atoms with Crippen LogP contribution in [-0.2, 0) is 23.4 Å². The fourth-order valence-corrected chi connectivity index (χ4v) is 5.16. The second-order valence-electron chi connectivity index (χ2n) is 7.78. The number of aliphatic hydroxyl groups excluding tert-OH is 1. The van der Waals surface area contributed by atoms with Crippen molar-refractivity contribution in [2.45, 2.75) is 44.7 Å². The SMILES string of the molecule is CCOC(=O)[C@H](C)NP(=O)(OCC1O[C@@H](n2cc(/C=C/Br)c(=O)[nH]c2=O)C[C@H]1O)Oc1ccccc1. The Morgan fingerprint density at radius 1 is 1.39 bits per heavy atom. The van der Waals surface area contributed by atoms with Crippen molar-refractivity contribution in [2.24, 2.45) is 0 Å². The number of aliphatic hydroxyl groups is 1. The molecule has 196 valence electrons. The van der Waals surface area contributed by atoms with Crippen molar-refractivity contribution in [3.63, 3.8) is 0 Å². The minimum absolute atomic E-state index is 0.00788. The molecule has 1 aliphatic heterocycles. The highest BCUT2D eigenvalue weighted by atomic mass is 79.9. The molecule has 1 aliphatic rings. The maximum absolute atomic E-state index is 13.5. The molecule has 2 aromatic rings. The van der Waals surface area contributed by atoms with Crippen LogP contribution in [0.25, 0.3) is 6.08 Å². The maximum Gasteiger partial charge on any atom is 0.459 e. The van der Waals surface area contributed by atoms with Crippen molar-refractivity contribution in [1.82, 2.24) is 14.6 Å². The highest BCUT2D eigenvalue weighted by Crippen LogP contribution is 2.45. The molecule has 0 radical (unpaired) electrons. The predicted molar refractivity (Wildman–Crippen MR) is 134 cm³/mol. The van der Waals surface area contributed by atoms with Crippen LogP contribution >= 0.6 is 23.7 Å². The van der Waals surface area contributed by atoms with Gasteiger partial charge in [0.05, 0.1) is 24.9 Å². The summed E-state index contributed by atoms with van der Waals surface area (Å²) in [6, 6.07) is 7.18. The molecular formula is C22H27BrN3O9P. The van der Waals surface area contributed by atoms with Crippen LogP contribution in [0.3, 0.4) is 0 Å². The molecule has 0 spiro atoms. The molecule has 14 heteroatoms. The van der Waals surface area contributed by atoms with E-state index in [1.54, 1.807) is 37.3 Å². The van der Waals surface area contributed by atoms with Gasteiger partial charge in [-0.05, 0) is 37.0 Å². The number of halogens is 1. The normalized spacial score (nSPS) is 22.3. The highest BCUT2D eigenvalue weighted by Gasteiger charge is 2.39. The van der Waals surface area contributed by atoms with Gasteiger partial charge in [0, 0.05) is 12.6 Å². The van der Waals surface area contributed by atoms with Crippen LogP contribution in [0.4, 0.5) is 0 Å². The standard InChI is InChI=1S/C22H27BrN3O9P/c1-3-32-21(29)14(2)25-36(31,35-16-7-5-4-6-8-16)33-13-18-17(27)11-19(34-18)26-12-15(9-10-23)20(28)24-22(26)30/h4-10,12,14,17-19,27H,3,11,13H2,1-2H3,(H,25,31)(H,24,28,30)/b10-9+/t14-,17+,18?,19+,36?/m0/s1. The topological polar surface area (TPSA) is 158 Å². The number of hydrogen-bond donors (Lipinski definition) is 3. The zero-order chi connectivity index (χ0) is 26.3. The molecule has 0 saturated carbocycles. The van der Waals surface area contributed by atoms with E-state index in [2.05, 4.69) is 26.0 Å². The average molecular weight is 588 g/mol. The Kier molecular flexibility index (Phi) is 9.83. The molecule has 3 rings (SSSR count). The molecule has 0 amide bonds. The molecule has 2 unspecified atom stereocenters.